The van der Waals surface area contributed by atoms with Crippen LogP contribution in [0, 0.1) is 5.92 Å². The fraction of sp³-hybridized carbons (Fsp3) is 0.562. The Hall–Kier alpha value is -1.35. The van der Waals surface area contributed by atoms with Gasteiger partial charge in [-0.15, -0.1) is 0 Å². The summed E-state index contributed by atoms with van der Waals surface area (Å²) in [7, 11) is 0. The molecule has 3 N–H and O–H groups in total. The van der Waals surface area contributed by atoms with Crippen molar-refractivity contribution < 1.29 is 4.79 Å². The molecule has 1 amide bonds. The van der Waals surface area contributed by atoms with Crippen molar-refractivity contribution in [1.29, 1.82) is 0 Å². The summed E-state index contributed by atoms with van der Waals surface area (Å²) in [5.41, 5.74) is 6.89. The van der Waals surface area contributed by atoms with E-state index in [1.807, 2.05) is 30.3 Å². The average molecular weight is 260 g/mol. The first-order valence-electron chi connectivity index (χ1n) is 7.31. The van der Waals surface area contributed by atoms with E-state index in [-0.39, 0.29) is 5.91 Å². The van der Waals surface area contributed by atoms with Crippen molar-refractivity contribution in [2.24, 2.45) is 11.7 Å². The van der Waals surface area contributed by atoms with Crippen molar-refractivity contribution in [3.05, 3.63) is 35.9 Å². The van der Waals surface area contributed by atoms with Gasteiger partial charge in [0, 0.05) is 6.04 Å². The second kappa shape index (κ2) is 6.71. The van der Waals surface area contributed by atoms with Gasteiger partial charge in [0.15, 0.2) is 0 Å². The number of benzene rings is 1. The van der Waals surface area contributed by atoms with Crippen LogP contribution in [0.1, 0.15) is 50.6 Å². The number of amides is 1. The molecule has 0 heterocycles. The summed E-state index contributed by atoms with van der Waals surface area (Å²) in [4.78, 5) is 12.2. The standard InChI is InChI=1S/C16H24N2O/c1-2-12-7-6-10-14(11-12)18-16(19)15(17)13-8-4-3-5-9-13/h3-5,8-9,12,14-15H,2,6-7,10-11,17H2,1H3,(H,18,19)/t12?,14?,15-/m0/s1. The maximum Gasteiger partial charge on any atom is 0.241 e. The molecule has 1 aliphatic rings. The maximum absolute atomic E-state index is 12.2. The minimum atomic E-state index is -0.553. The van der Waals surface area contributed by atoms with Gasteiger partial charge in [-0.3, -0.25) is 4.79 Å². The van der Waals surface area contributed by atoms with Crippen LogP contribution in [0.4, 0.5) is 0 Å². The Balaban J connectivity index is 1.90. The third-order valence-corrected chi connectivity index (χ3v) is 4.15. The van der Waals surface area contributed by atoms with E-state index in [4.69, 9.17) is 5.73 Å². The molecule has 0 spiro atoms. The van der Waals surface area contributed by atoms with Crippen LogP contribution in [0.2, 0.25) is 0 Å². The molecule has 2 unspecified atom stereocenters. The fourth-order valence-corrected chi connectivity index (χ4v) is 2.90. The lowest BCUT2D eigenvalue weighted by Gasteiger charge is -2.30. The predicted octanol–water partition coefficient (Wildman–Crippen LogP) is 2.77. The average Bonchev–Trinajstić information content (AvgIpc) is 2.47. The van der Waals surface area contributed by atoms with Crippen LogP contribution in [0.25, 0.3) is 0 Å². The molecule has 0 saturated heterocycles. The van der Waals surface area contributed by atoms with E-state index >= 15 is 0 Å². The third-order valence-electron chi connectivity index (χ3n) is 4.15. The van der Waals surface area contributed by atoms with Gasteiger partial charge in [-0.25, -0.2) is 0 Å². The lowest BCUT2D eigenvalue weighted by Crippen LogP contribution is -2.42. The summed E-state index contributed by atoms with van der Waals surface area (Å²) in [6, 6.07) is 9.32. The van der Waals surface area contributed by atoms with Crippen molar-refractivity contribution in [3.8, 4) is 0 Å². The summed E-state index contributed by atoms with van der Waals surface area (Å²) in [6.45, 7) is 2.23. The van der Waals surface area contributed by atoms with Crippen LogP contribution >= 0.6 is 0 Å². The summed E-state index contributed by atoms with van der Waals surface area (Å²) >= 11 is 0. The van der Waals surface area contributed by atoms with Crippen molar-refractivity contribution >= 4 is 5.91 Å². The van der Waals surface area contributed by atoms with E-state index in [9.17, 15) is 4.79 Å². The van der Waals surface area contributed by atoms with Crippen LogP contribution in [-0.2, 0) is 4.79 Å². The van der Waals surface area contributed by atoms with E-state index in [0.29, 0.717) is 6.04 Å². The number of carbonyl (C=O) groups is 1. The van der Waals surface area contributed by atoms with Gasteiger partial charge in [-0.1, -0.05) is 56.5 Å². The summed E-state index contributed by atoms with van der Waals surface area (Å²) in [5, 5.41) is 3.12. The molecule has 1 fully saturated rings. The number of rotatable bonds is 4. The number of nitrogens with one attached hydrogen (secondary N) is 1. The molecule has 2 rings (SSSR count). The van der Waals surface area contributed by atoms with Gasteiger partial charge in [-0.2, -0.15) is 0 Å². The minimum absolute atomic E-state index is 0.0482. The molecule has 3 heteroatoms. The van der Waals surface area contributed by atoms with Gasteiger partial charge in [0.1, 0.15) is 6.04 Å². The normalized spacial score (nSPS) is 24.7. The SMILES string of the molecule is CCC1CCCC(NC(=O)[C@@H](N)c2ccccc2)C1. The Bertz CT molecular complexity index is 404. The molecule has 3 atom stereocenters. The largest absolute Gasteiger partial charge is 0.352 e. The maximum atomic E-state index is 12.2. The van der Waals surface area contributed by atoms with E-state index < -0.39 is 6.04 Å². The number of carbonyl (C=O) groups excluding carboxylic acids is 1. The van der Waals surface area contributed by atoms with Crippen LogP contribution in [0.3, 0.4) is 0 Å². The predicted molar refractivity (Wildman–Crippen MR) is 77.6 cm³/mol. The molecule has 3 nitrogen and oxygen atoms in total. The van der Waals surface area contributed by atoms with Crippen LogP contribution in [-0.4, -0.2) is 11.9 Å². The number of nitrogens with two attached hydrogens (primary N) is 1. The van der Waals surface area contributed by atoms with Crippen molar-refractivity contribution in [2.75, 3.05) is 0 Å². The molecule has 0 aliphatic heterocycles. The molecule has 19 heavy (non-hydrogen) atoms. The zero-order valence-electron chi connectivity index (χ0n) is 11.6. The van der Waals surface area contributed by atoms with Crippen LogP contribution in [0.5, 0.6) is 0 Å². The van der Waals surface area contributed by atoms with E-state index in [1.165, 1.54) is 19.3 Å². The molecular formula is C16H24N2O. The van der Waals surface area contributed by atoms with Gasteiger partial charge in [-0.05, 0) is 24.3 Å². The smallest absolute Gasteiger partial charge is 0.241 e. The van der Waals surface area contributed by atoms with Gasteiger partial charge in [0.05, 0.1) is 0 Å². The quantitative estimate of drug-likeness (QED) is 0.874. The molecule has 0 bridgehead atoms. The summed E-state index contributed by atoms with van der Waals surface area (Å²) in [6.07, 6.45) is 5.91. The highest BCUT2D eigenvalue weighted by atomic mass is 16.2. The molecule has 104 valence electrons. The highest BCUT2D eigenvalue weighted by Crippen LogP contribution is 2.26. The van der Waals surface area contributed by atoms with Crippen molar-refractivity contribution in [2.45, 2.75) is 51.1 Å². The second-order valence-electron chi connectivity index (χ2n) is 5.53. The number of hydrogen-bond acceptors (Lipinski definition) is 2. The zero-order valence-corrected chi connectivity index (χ0v) is 11.6. The monoisotopic (exact) mass is 260 g/mol. The van der Waals surface area contributed by atoms with E-state index in [1.54, 1.807) is 0 Å². The van der Waals surface area contributed by atoms with E-state index in [0.717, 1.165) is 24.3 Å². The van der Waals surface area contributed by atoms with Gasteiger partial charge < -0.3 is 11.1 Å². The highest BCUT2D eigenvalue weighted by Gasteiger charge is 2.24. The van der Waals surface area contributed by atoms with E-state index in [2.05, 4.69) is 12.2 Å². The lowest BCUT2D eigenvalue weighted by atomic mass is 9.84. The molecule has 1 saturated carbocycles. The highest BCUT2D eigenvalue weighted by molar-refractivity contribution is 5.83. The first-order chi connectivity index (χ1) is 9.20. The molecule has 1 aromatic rings. The first kappa shape index (κ1) is 14.1. The minimum Gasteiger partial charge on any atom is -0.352 e. The van der Waals surface area contributed by atoms with Crippen LogP contribution < -0.4 is 11.1 Å². The molecular weight excluding hydrogens is 236 g/mol. The topological polar surface area (TPSA) is 55.1 Å². The third kappa shape index (κ3) is 3.80. The Kier molecular flexibility index (Phi) is 4.97. The Morgan fingerprint density at radius 2 is 2.11 bits per heavy atom. The fourth-order valence-electron chi connectivity index (χ4n) is 2.90. The Morgan fingerprint density at radius 1 is 1.37 bits per heavy atom. The Morgan fingerprint density at radius 3 is 2.79 bits per heavy atom. The second-order valence-corrected chi connectivity index (χ2v) is 5.53. The van der Waals surface area contributed by atoms with Gasteiger partial charge in [0.25, 0.3) is 0 Å². The first-order valence-corrected chi connectivity index (χ1v) is 7.31. The van der Waals surface area contributed by atoms with Gasteiger partial charge in [0.2, 0.25) is 5.91 Å². The van der Waals surface area contributed by atoms with Crippen LogP contribution in [0.15, 0.2) is 30.3 Å². The number of hydrogen-bond donors (Lipinski definition) is 2. The molecule has 1 aliphatic carbocycles. The molecule has 1 aromatic carbocycles. The summed E-state index contributed by atoms with van der Waals surface area (Å²) in [5.74, 6) is 0.708. The zero-order chi connectivity index (χ0) is 13.7. The molecule has 0 radical (unpaired) electrons. The Labute approximate surface area is 115 Å². The molecule has 0 aromatic heterocycles. The lowest BCUT2D eigenvalue weighted by molar-refractivity contribution is -0.123. The van der Waals surface area contributed by atoms with Crippen molar-refractivity contribution in [3.63, 3.8) is 0 Å². The summed E-state index contributed by atoms with van der Waals surface area (Å²) < 4.78 is 0. The van der Waals surface area contributed by atoms with Crippen molar-refractivity contribution in [1.82, 2.24) is 5.32 Å². The van der Waals surface area contributed by atoms with Gasteiger partial charge >= 0.3 is 0 Å².